The molecule has 1 fully saturated rings. The molecule has 0 unspecified atom stereocenters. The van der Waals surface area contributed by atoms with E-state index in [1.54, 1.807) is 6.92 Å². The monoisotopic (exact) mass is 158 g/mol. The van der Waals surface area contributed by atoms with Gasteiger partial charge in [0.25, 0.3) is 0 Å². The molecule has 0 bridgehead atoms. The number of carboxylic acids is 1. The summed E-state index contributed by atoms with van der Waals surface area (Å²) < 4.78 is 5.05. The average molecular weight is 158 g/mol. The minimum Gasteiger partial charge on any atom is -0.479 e. The molecule has 0 aromatic rings. The summed E-state index contributed by atoms with van der Waals surface area (Å²) in [6, 6.07) is 0. The van der Waals surface area contributed by atoms with E-state index in [0.29, 0.717) is 6.61 Å². The van der Waals surface area contributed by atoms with Gasteiger partial charge in [0.1, 0.15) is 0 Å². The highest BCUT2D eigenvalue weighted by Crippen LogP contribution is 2.32. The molecule has 0 spiro atoms. The zero-order valence-electron chi connectivity index (χ0n) is 6.75. The van der Waals surface area contributed by atoms with E-state index in [2.05, 4.69) is 0 Å². The first kappa shape index (κ1) is 8.53. The number of carboxylic acid groups (broad SMARTS) is 1. The maximum absolute atomic E-state index is 10.3. The Balaban J connectivity index is 1.96. The van der Waals surface area contributed by atoms with E-state index in [9.17, 15) is 4.79 Å². The van der Waals surface area contributed by atoms with Crippen LogP contribution in [-0.2, 0) is 9.53 Å². The molecule has 0 aromatic heterocycles. The first-order valence-corrected chi connectivity index (χ1v) is 4.04. The molecule has 64 valence electrons. The molecule has 1 N–H and O–H groups in total. The normalized spacial score (nSPS) is 19.7. The summed E-state index contributed by atoms with van der Waals surface area (Å²) in [5.74, 6) is -0.0585. The fourth-order valence-electron chi connectivity index (χ4n) is 0.889. The Kier molecular flexibility index (Phi) is 2.88. The molecule has 0 aliphatic heterocycles. The van der Waals surface area contributed by atoms with Gasteiger partial charge in [-0.25, -0.2) is 4.79 Å². The molecular weight excluding hydrogens is 144 g/mol. The lowest BCUT2D eigenvalue weighted by Crippen LogP contribution is -2.20. The number of carbonyl (C=O) groups is 1. The summed E-state index contributed by atoms with van der Waals surface area (Å²) in [6.07, 6.45) is 2.97. The van der Waals surface area contributed by atoms with Crippen molar-refractivity contribution in [2.45, 2.75) is 32.3 Å². The van der Waals surface area contributed by atoms with Gasteiger partial charge in [-0.05, 0) is 19.3 Å². The van der Waals surface area contributed by atoms with Crippen LogP contribution in [-0.4, -0.2) is 23.8 Å². The predicted octanol–water partition coefficient (Wildman–Crippen LogP) is 1.28. The maximum atomic E-state index is 10.3. The molecule has 11 heavy (non-hydrogen) atoms. The number of aliphatic carboxylic acids is 1. The molecule has 0 radical (unpaired) electrons. The summed E-state index contributed by atoms with van der Waals surface area (Å²) in [6.45, 7) is 2.16. The van der Waals surface area contributed by atoms with Crippen LogP contribution >= 0.6 is 0 Å². The van der Waals surface area contributed by atoms with Gasteiger partial charge in [-0.3, -0.25) is 0 Å². The van der Waals surface area contributed by atoms with E-state index < -0.39 is 12.1 Å². The third-order valence-electron chi connectivity index (χ3n) is 1.94. The first-order valence-electron chi connectivity index (χ1n) is 4.04. The van der Waals surface area contributed by atoms with Gasteiger partial charge in [-0.1, -0.05) is 12.8 Å². The second-order valence-electron chi connectivity index (χ2n) is 3.08. The molecule has 1 aliphatic carbocycles. The Morgan fingerprint density at radius 2 is 2.36 bits per heavy atom. The third-order valence-corrected chi connectivity index (χ3v) is 1.94. The fourth-order valence-corrected chi connectivity index (χ4v) is 0.889. The van der Waals surface area contributed by atoms with Crippen molar-refractivity contribution < 1.29 is 14.6 Å². The molecule has 3 heteroatoms. The van der Waals surface area contributed by atoms with E-state index in [0.717, 1.165) is 12.3 Å². The number of rotatable bonds is 5. The summed E-state index contributed by atoms with van der Waals surface area (Å²) in [5, 5.41) is 8.44. The van der Waals surface area contributed by atoms with E-state index in [1.807, 2.05) is 0 Å². The van der Waals surface area contributed by atoms with Crippen LogP contribution in [0.5, 0.6) is 0 Å². The summed E-state index contributed by atoms with van der Waals surface area (Å²) in [4.78, 5) is 10.3. The molecule has 0 saturated heterocycles. The molecule has 1 saturated carbocycles. The molecule has 0 aromatic carbocycles. The van der Waals surface area contributed by atoms with Crippen LogP contribution in [0.4, 0.5) is 0 Å². The maximum Gasteiger partial charge on any atom is 0.332 e. The van der Waals surface area contributed by atoms with Crippen molar-refractivity contribution >= 4 is 5.97 Å². The van der Waals surface area contributed by atoms with Gasteiger partial charge >= 0.3 is 5.97 Å². The second-order valence-corrected chi connectivity index (χ2v) is 3.08. The van der Waals surface area contributed by atoms with Crippen molar-refractivity contribution in [1.29, 1.82) is 0 Å². The molecule has 1 aliphatic rings. The van der Waals surface area contributed by atoms with Crippen LogP contribution in [0, 0.1) is 5.92 Å². The summed E-state index contributed by atoms with van der Waals surface area (Å²) in [5.41, 5.74) is 0. The highest BCUT2D eigenvalue weighted by molar-refractivity contribution is 5.71. The molecular formula is C8H14O3. The smallest absolute Gasteiger partial charge is 0.332 e. The van der Waals surface area contributed by atoms with Crippen molar-refractivity contribution in [3.05, 3.63) is 0 Å². The Hall–Kier alpha value is -0.570. The van der Waals surface area contributed by atoms with E-state index in [-0.39, 0.29) is 0 Å². The van der Waals surface area contributed by atoms with Crippen molar-refractivity contribution in [3.63, 3.8) is 0 Å². The van der Waals surface area contributed by atoms with Crippen LogP contribution < -0.4 is 0 Å². The highest BCUT2D eigenvalue weighted by atomic mass is 16.5. The average Bonchev–Trinajstić information content (AvgIpc) is 2.71. The van der Waals surface area contributed by atoms with Gasteiger partial charge in [-0.2, -0.15) is 0 Å². The minimum atomic E-state index is -0.874. The van der Waals surface area contributed by atoms with Crippen LogP contribution in [0.3, 0.4) is 0 Å². The lowest BCUT2D eigenvalue weighted by molar-refractivity contribution is -0.149. The Morgan fingerprint density at radius 1 is 1.73 bits per heavy atom. The summed E-state index contributed by atoms with van der Waals surface area (Å²) in [7, 11) is 0. The molecule has 3 nitrogen and oxygen atoms in total. The van der Waals surface area contributed by atoms with Crippen molar-refractivity contribution in [2.24, 2.45) is 5.92 Å². The zero-order chi connectivity index (χ0) is 8.27. The third kappa shape index (κ3) is 3.37. The highest BCUT2D eigenvalue weighted by Gasteiger charge is 2.21. The lowest BCUT2D eigenvalue weighted by atomic mass is 10.3. The quantitative estimate of drug-likeness (QED) is 0.655. The van der Waals surface area contributed by atoms with Crippen molar-refractivity contribution in [1.82, 2.24) is 0 Å². The molecule has 1 atom stereocenters. The number of hydrogen-bond acceptors (Lipinski definition) is 2. The van der Waals surface area contributed by atoms with E-state index in [4.69, 9.17) is 9.84 Å². The van der Waals surface area contributed by atoms with Crippen LogP contribution in [0.25, 0.3) is 0 Å². The first-order chi connectivity index (χ1) is 5.20. The summed E-state index contributed by atoms with van der Waals surface area (Å²) >= 11 is 0. The fraction of sp³-hybridized carbons (Fsp3) is 0.875. The predicted molar refractivity (Wildman–Crippen MR) is 40.4 cm³/mol. The second kappa shape index (κ2) is 3.72. The number of ether oxygens (including phenoxy) is 1. The Morgan fingerprint density at radius 3 is 2.82 bits per heavy atom. The van der Waals surface area contributed by atoms with Crippen molar-refractivity contribution in [3.8, 4) is 0 Å². The van der Waals surface area contributed by atoms with E-state index >= 15 is 0 Å². The Bertz CT molecular complexity index is 140. The molecule has 0 heterocycles. The van der Waals surface area contributed by atoms with Gasteiger partial charge in [-0.15, -0.1) is 0 Å². The Labute approximate surface area is 66.4 Å². The van der Waals surface area contributed by atoms with Crippen LogP contribution in [0.15, 0.2) is 0 Å². The largest absolute Gasteiger partial charge is 0.479 e. The molecule has 0 amide bonds. The lowest BCUT2D eigenvalue weighted by Gasteiger charge is -2.06. The van der Waals surface area contributed by atoms with Gasteiger partial charge in [0.2, 0.25) is 0 Å². The van der Waals surface area contributed by atoms with Gasteiger partial charge in [0.05, 0.1) is 0 Å². The SMILES string of the molecule is C[C@@H](OCCC1CC1)C(=O)O. The topological polar surface area (TPSA) is 46.5 Å². The standard InChI is InChI=1S/C8H14O3/c1-6(8(9)10)11-5-4-7-2-3-7/h6-7H,2-5H2,1H3,(H,9,10)/t6-/m1/s1. The van der Waals surface area contributed by atoms with Gasteiger partial charge < -0.3 is 9.84 Å². The zero-order valence-corrected chi connectivity index (χ0v) is 6.75. The van der Waals surface area contributed by atoms with Crippen LogP contribution in [0.1, 0.15) is 26.2 Å². The van der Waals surface area contributed by atoms with Gasteiger partial charge in [0, 0.05) is 6.61 Å². The minimum absolute atomic E-state index is 0.595. The van der Waals surface area contributed by atoms with Gasteiger partial charge in [0.15, 0.2) is 6.10 Å². The molecule has 1 rings (SSSR count). The van der Waals surface area contributed by atoms with Crippen molar-refractivity contribution in [2.75, 3.05) is 6.61 Å². The number of hydrogen-bond donors (Lipinski definition) is 1. The van der Waals surface area contributed by atoms with Crippen LogP contribution in [0.2, 0.25) is 0 Å². The van der Waals surface area contributed by atoms with E-state index in [1.165, 1.54) is 12.8 Å².